The smallest absolute Gasteiger partial charge is 0.152 e. The van der Waals surface area contributed by atoms with Gasteiger partial charge in [0.15, 0.2) is 9.84 Å². The average Bonchev–Trinajstić information content (AvgIpc) is 2.08. The third-order valence-electron chi connectivity index (χ3n) is 2.26. The van der Waals surface area contributed by atoms with Crippen molar-refractivity contribution < 1.29 is 8.42 Å². The van der Waals surface area contributed by atoms with Gasteiger partial charge in [0.25, 0.3) is 0 Å². The second kappa shape index (κ2) is 1.95. The summed E-state index contributed by atoms with van der Waals surface area (Å²) >= 11 is 0. The van der Waals surface area contributed by atoms with Crippen LogP contribution in [0.5, 0.6) is 0 Å². The number of sulfone groups is 1. The first-order chi connectivity index (χ1) is 4.66. The van der Waals surface area contributed by atoms with E-state index in [1.54, 1.807) is 0 Å². The number of fused-ring (bicyclic) bond motifs is 2. The van der Waals surface area contributed by atoms with Gasteiger partial charge in [0.05, 0.1) is 11.5 Å². The van der Waals surface area contributed by atoms with Crippen LogP contribution in [0.25, 0.3) is 0 Å². The molecule has 2 rings (SSSR count). The summed E-state index contributed by atoms with van der Waals surface area (Å²) in [6, 6.07) is 0.267. The molecule has 0 spiro atoms. The maximum Gasteiger partial charge on any atom is 0.152 e. The summed E-state index contributed by atoms with van der Waals surface area (Å²) in [6.45, 7) is 0.907. The molecule has 2 saturated heterocycles. The maximum absolute atomic E-state index is 11.1. The number of hydrogen-bond acceptors (Lipinski definition) is 3. The Morgan fingerprint density at radius 2 is 2.10 bits per heavy atom. The summed E-state index contributed by atoms with van der Waals surface area (Å²) in [4.78, 5) is 0. The Balaban J connectivity index is 2.25. The van der Waals surface area contributed by atoms with Crippen LogP contribution in [0.15, 0.2) is 0 Å². The highest BCUT2D eigenvalue weighted by Gasteiger charge is 2.36. The lowest BCUT2D eigenvalue weighted by Gasteiger charge is -2.16. The van der Waals surface area contributed by atoms with E-state index in [4.69, 9.17) is 0 Å². The van der Waals surface area contributed by atoms with Gasteiger partial charge >= 0.3 is 0 Å². The van der Waals surface area contributed by atoms with E-state index in [0.29, 0.717) is 17.4 Å². The molecule has 2 aliphatic heterocycles. The zero-order valence-corrected chi connectivity index (χ0v) is 6.52. The van der Waals surface area contributed by atoms with Crippen molar-refractivity contribution in [1.82, 2.24) is 5.32 Å². The van der Waals surface area contributed by atoms with Crippen LogP contribution in [0.2, 0.25) is 0 Å². The van der Waals surface area contributed by atoms with Gasteiger partial charge in [-0.05, 0) is 18.9 Å². The zero-order chi connectivity index (χ0) is 7.19. The molecule has 0 radical (unpaired) electrons. The lowest BCUT2D eigenvalue weighted by molar-refractivity contribution is 0.537. The highest BCUT2D eigenvalue weighted by Crippen LogP contribution is 2.23. The molecule has 0 unspecified atom stereocenters. The van der Waals surface area contributed by atoms with Crippen LogP contribution in [0.4, 0.5) is 0 Å². The van der Waals surface area contributed by atoms with Crippen LogP contribution < -0.4 is 5.32 Å². The van der Waals surface area contributed by atoms with E-state index in [0.717, 1.165) is 13.0 Å². The van der Waals surface area contributed by atoms with E-state index in [9.17, 15) is 8.42 Å². The Bertz CT molecular complexity index is 216. The molecular weight excluding hydrogens is 150 g/mol. The fourth-order valence-electron chi connectivity index (χ4n) is 1.89. The van der Waals surface area contributed by atoms with Gasteiger partial charge in [-0.25, -0.2) is 8.42 Å². The van der Waals surface area contributed by atoms with Gasteiger partial charge < -0.3 is 5.32 Å². The van der Waals surface area contributed by atoms with Crippen molar-refractivity contribution >= 4 is 9.84 Å². The fourth-order valence-corrected chi connectivity index (χ4v) is 3.87. The quantitative estimate of drug-likeness (QED) is 0.515. The number of nitrogens with one attached hydrogen (secondary N) is 1. The van der Waals surface area contributed by atoms with Gasteiger partial charge in [-0.1, -0.05) is 0 Å². The number of rotatable bonds is 0. The van der Waals surface area contributed by atoms with Crippen molar-refractivity contribution in [3.8, 4) is 0 Å². The van der Waals surface area contributed by atoms with Crippen molar-refractivity contribution in [3.63, 3.8) is 0 Å². The van der Waals surface area contributed by atoms with Gasteiger partial charge in [-0.3, -0.25) is 0 Å². The van der Waals surface area contributed by atoms with Crippen LogP contribution in [0.1, 0.15) is 6.42 Å². The molecule has 0 aliphatic carbocycles. The molecule has 0 saturated carbocycles. The third-order valence-corrected chi connectivity index (χ3v) is 4.15. The minimum Gasteiger partial charge on any atom is -0.313 e. The van der Waals surface area contributed by atoms with Crippen LogP contribution in [-0.4, -0.2) is 32.5 Å². The third kappa shape index (κ3) is 1.06. The Labute approximate surface area is 60.7 Å². The first-order valence-electron chi connectivity index (χ1n) is 3.59. The van der Waals surface area contributed by atoms with Gasteiger partial charge in [0.2, 0.25) is 0 Å². The Morgan fingerprint density at radius 3 is 2.80 bits per heavy atom. The molecule has 58 valence electrons. The lowest BCUT2D eigenvalue weighted by Crippen LogP contribution is -2.32. The molecule has 0 aromatic rings. The molecule has 2 atom stereocenters. The SMILES string of the molecule is O=S1(=O)C[C@@H]2CN[C@@H](C2)C1. The first kappa shape index (κ1) is 6.61. The molecule has 0 aromatic carbocycles. The average molecular weight is 161 g/mol. The predicted octanol–water partition coefficient (Wildman–Crippen LogP) is -0.607. The summed E-state index contributed by atoms with van der Waals surface area (Å²) in [6.07, 6.45) is 1.07. The summed E-state index contributed by atoms with van der Waals surface area (Å²) in [5.41, 5.74) is 0. The van der Waals surface area contributed by atoms with Gasteiger partial charge in [-0.2, -0.15) is 0 Å². The maximum atomic E-state index is 11.1. The van der Waals surface area contributed by atoms with Gasteiger partial charge in [0, 0.05) is 6.04 Å². The summed E-state index contributed by atoms with van der Waals surface area (Å²) in [7, 11) is -2.68. The summed E-state index contributed by atoms with van der Waals surface area (Å²) < 4.78 is 22.1. The molecule has 3 nitrogen and oxygen atoms in total. The normalized spacial score (nSPS) is 43.6. The van der Waals surface area contributed by atoms with Crippen molar-refractivity contribution in [2.24, 2.45) is 5.92 Å². The highest BCUT2D eigenvalue weighted by molar-refractivity contribution is 7.91. The monoisotopic (exact) mass is 161 g/mol. The molecule has 2 aliphatic rings. The highest BCUT2D eigenvalue weighted by atomic mass is 32.2. The van der Waals surface area contributed by atoms with Crippen LogP contribution in [0, 0.1) is 5.92 Å². The molecule has 1 N–H and O–H groups in total. The molecular formula is C6H11NO2S. The molecule has 2 heterocycles. The van der Waals surface area contributed by atoms with Gasteiger partial charge in [0.1, 0.15) is 0 Å². The molecule has 4 heteroatoms. The molecule has 2 bridgehead atoms. The Morgan fingerprint density at radius 1 is 1.30 bits per heavy atom. The Kier molecular flexibility index (Phi) is 1.29. The van der Waals surface area contributed by atoms with Crippen molar-refractivity contribution in [1.29, 1.82) is 0 Å². The van der Waals surface area contributed by atoms with E-state index in [2.05, 4.69) is 5.32 Å². The van der Waals surface area contributed by atoms with Crippen LogP contribution in [0.3, 0.4) is 0 Å². The second-order valence-electron chi connectivity index (χ2n) is 3.28. The van der Waals surface area contributed by atoms with E-state index in [1.165, 1.54) is 0 Å². The standard InChI is InChI=1S/C6H11NO2S/c8-10(9)3-5-1-6(4-10)7-2-5/h5-7H,1-4H2/t5-,6-/m0/s1. The number of hydrogen-bond donors (Lipinski definition) is 1. The van der Waals surface area contributed by atoms with Crippen molar-refractivity contribution in [3.05, 3.63) is 0 Å². The topological polar surface area (TPSA) is 46.2 Å². The summed E-state index contributed by atoms with van der Waals surface area (Å²) in [5.74, 6) is 1.18. The second-order valence-corrected chi connectivity index (χ2v) is 5.44. The van der Waals surface area contributed by atoms with E-state index < -0.39 is 9.84 Å². The minimum atomic E-state index is -2.68. The van der Waals surface area contributed by atoms with Crippen molar-refractivity contribution in [2.75, 3.05) is 18.1 Å². The summed E-state index contributed by atoms with van der Waals surface area (Å²) in [5, 5.41) is 3.19. The van der Waals surface area contributed by atoms with Gasteiger partial charge in [-0.15, -0.1) is 0 Å². The minimum absolute atomic E-state index is 0.267. The van der Waals surface area contributed by atoms with E-state index in [-0.39, 0.29) is 6.04 Å². The van der Waals surface area contributed by atoms with Crippen LogP contribution in [-0.2, 0) is 9.84 Å². The molecule has 2 fully saturated rings. The largest absolute Gasteiger partial charge is 0.313 e. The zero-order valence-electron chi connectivity index (χ0n) is 5.71. The first-order valence-corrected chi connectivity index (χ1v) is 5.42. The van der Waals surface area contributed by atoms with Crippen molar-refractivity contribution in [2.45, 2.75) is 12.5 Å². The molecule has 10 heavy (non-hydrogen) atoms. The predicted molar refractivity (Wildman–Crippen MR) is 38.6 cm³/mol. The lowest BCUT2D eigenvalue weighted by atomic mass is 10.1. The molecule has 0 aromatic heterocycles. The molecule has 0 amide bonds. The van der Waals surface area contributed by atoms with Crippen LogP contribution >= 0.6 is 0 Å². The Hall–Kier alpha value is -0.0900. The van der Waals surface area contributed by atoms with E-state index in [1.807, 2.05) is 0 Å². The fraction of sp³-hybridized carbons (Fsp3) is 1.00. The van der Waals surface area contributed by atoms with E-state index >= 15 is 0 Å².